The molecule has 1 fully saturated rings. The lowest BCUT2D eigenvalue weighted by Crippen LogP contribution is -2.46. The summed E-state index contributed by atoms with van der Waals surface area (Å²) in [4.78, 5) is 38.8. The van der Waals surface area contributed by atoms with E-state index >= 15 is 0 Å². The maximum atomic E-state index is 12.8. The molecule has 0 saturated carbocycles. The highest BCUT2D eigenvalue weighted by Crippen LogP contribution is 2.27. The van der Waals surface area contributed by atoms with Crippen molar-refractivity contribution in [3.63, 3.8) is 0 Å². The maximum absolute atomic E-state index is 12.8. The number of thioether (sulfide) groups is 1. The third kappa shape index (κ3) is 4.38. The summed E-state index contributed by atoms with van der Waals surface area (Å²) in [6.45, 7) is 7.98. The number of rotatable bonds is 5. The molecule has 6 nitrogen and oxygen atoms in total. The van der Waals surface area contributed by atoms with E-state index in [1.807, 2.05) is 32.7 Å². The molecule has 1 atom stereocenters. The molecule has 3 heterocycles. The lowest BCUT2D eigenvalue weighted by molar-refractivity contribution is -0.131. The normalized spacial score (nSPS) is 17.4. The van der Waals surface area contributed by atoms with Crippen molar-refractivity contribution < 1.29 is 4.79 Å². The summed E-state index contributed by atoms with van der Waals surface area (Å²) in [6.07, 6.45) is 2.05. The van der Waals surface area contributed by atoms with E-state index in [1.165, 1.54) is 11.8 Å². The van der Waals surface area contributed by atoms with Crippen LogP contribution in [-0.2, 0) is 10.5 Å². The Kier molecular flexibility index (Phi) is 6.28. The molecular formula is C19H28N4O2S2. The van der Waals surface area contributed by atoms with Gasteiger partial charge in [-0.3, -0.25) is 9.59 Å². The summed E-state index contributed by atoms with van der Waals surface area (Å²) < 4.78 is 0. The molecule has 3 rings (SSSR count). The van der Waals surface area contributed by atoms with E-state index in [0.29, 0.717) is 23.0 Å². The van der Waals surface area contributed by atoms with Crippen LogP contribution in [0.3, 0.4) is 0 Å². The van der Waals surface area contributed by atoms with Gasteiger partial charge in [0.2, 0.25) is 5.91 Å². The molecule has 1 saturated heterocycles. The van der Waals surface area contributed by atoms with Crippen LogP contribution in [0, 0.1) is 13.8 Å². The fourth-order valence-electron chi connectivity index (χ4n) is 3.49. The van der Waals surface area contributed by atoms with Crippen LogP contribution in [0.15, 0.2) is 4.79 Å². The number of hydrogen-bond acceptors (Lipinski definition) is 6. The Balaban J connectivity index is 1.63. The number of likely N-dealkylation sites (tertiary alicyclic amines) is 1. The average Bonchev–Trinajstić information content (AvgIpc) is 2.93. The third-order valence-corrected chi connectivity index (χ3v) is 7.73. The van der Waals surface area contributed by atoms with Crippen LogP contribution in [-0.4, -0.2) is 64.2 Å². The van der Waals surface area contributed by atoms with Crippen molar-refractivity contribution in [2.45, 2.75) is 50.7 Å². The summed E-state index contributed by atoms with van der Waals surface area (Å²) >= 11 is 3.08. The van der Waals surface area contributed by atoms with Crippen molar-refractivity contribution in [3.8, 4) is 0 Å². The predicted molar refractivity (Wildman–Crippen MR) is 114 cm³/mol. The molecule has 2 aromatic rings. The van der Waals surface area contributed by atoms with Gasteiger partial charge in [0.05, 0.1) is 16.4 Å². The summed E-state index contributed by atoms with van der Waals surface area (Å²) in [5.74, 6) is 1.32. The van der Waals surface area contributed by atoms with E-state index in [-0.39, 0.29) is 16.7 Å². The Morgan fingerprint density at radius 3 is 2.74 bits per heavy atom. The van der Waals surface area contributed by atoms with E-state index in [0.717, 1.165) is 41.2 Å². The quantitative estimate of drug-likeness (QED) is 0.824. The van der Waals surface area contributed by atoms with Crippen LogP contribution in [0.5, 0.6) is 0 Å². The van der Waals surface area contributed by atoms with Crippen LogP contribution < -0.4 is 5.56 Å². The molecule has 148 valence electrons. The standard InChI is InChI=1S/C19H28N4O2S2/c1-11-12(2)27-18-16(11)17(24)20-15(21-18)10-26-13(3)19(25)23(5)14-6-8-22(4)9-7-14/h13-14H,6-10H2,1-5H3,(H,20,21,24). The lowest BCUT2D eigenvalue weighted by atomic mass is 10.0. The first-order chi connectivity index (χ1) is 12.8. The van der Waals surface area contributed by atoms with E-state index < -0.39 is 0 Å². The molecule has 1 N–H and O–H groups in total. The Hall–Kier alpha value is -1.38. The number of carbonyl (C=O) groups excluding carboxylic acids is 1. The van der Waals surface area contributed by atoms with Crippen LogP contribution in [0.1, 0.15) is 36.0 Å². The largest absolute Gasteiger partial charge is 0.342 e. The highest BCUT2D eigenvalue weighted by molar-refractivity contribution is 7.99. The Labute approximate surface area is 168 Å². The molecule has 1 amide bonds. The molecule has 2 aromatic heterocycles. The number of thiophene rings is 1. The van der Waals surface area contributed by atoms with Gasteiger partial charge in [-0.25, -0.2) is 4.98 Å². The number of H-pyrrole nitrogens is 1. The highest BCUT2D eigenvalue weighted by atomic mass is 32.2. The van der Waals surface area contributed by atoms with Crippen LogP contribution >= 0.6 is 23.1 Å². The zero-order valence-electron chi connectivity index (χ0n) is 16.7. The van der Waals surface area contributed by atoms with Gasteiger partial charge < -0.3 is 14.8 Å². The first-order valence-corrected chi connectivity index (χ1v) is 11.2. The fourth-order valence-corrected chi connectivity index (χ4v) is 5.39. The summed E-state index contributed by atoms with van der Waals surface area (Å²) in [7, 11) is 4.04. The lowest BCUT2D eigenvalue weighted by Gasteiger charge is -2.36. The Morgan fingerprint density at radius 1 is 1.41 bits per heavy atom. The van der Waals surface area contributed by atoms with Crippen molar-refractivity contribution in [1.82, 2.24) is 19.8 Å². The van der Waals surface area contributed by atoms with Gasteiger partial charge in [0.15, 0.2) is 0 Å². The number of carbonyl (C=O) groups is 1. The minimum absolute atomic E-state index is 0.0835. The molecule has 27 heavy (non-hydrogen) atoms. The van der Waals surface area contributed by atoms with E-state index in [9.17, 15) is 9.59 Å². The molecule has 1 unspecified atom stereocenters. The van der Waals surface area contributed by atoms with Gasteiger partial charge in [-0.2, -0.15) is 0 Å². The van der Waals surface area contributed by atoms with Gasteiger partial charge in [0.25, 0.3) is 5.56 Å². The Morgan fingerprint density at radius 2 is 2.07 bits per heavy atom. The number of amides is 1. The number of piperidine rings is 1. The summed E-state index contributed by atoms with van der Waals surface area (Å²) in [5.41, 5.74) is 0.922. The first-order valence-electron chi connectivity index (χ1n) is 9.33. The predicted octanol–water partition coefficient (Wildman–Crippen LogP) is 2.78. The molecule has 0 radical (unpaired) electrons. The van der Waals surface area contributed by atoms with Crippen molar-refractivity contribution in [2.24, 2.45) is 0 Å². The van der Waals surface area contributed by atoms with Crippen LogP contribution in [0.4, 0.5) is 0 Å². The van der Waals surface area contributed by atoms with Gasteiger partial charge >= 0.3 is 0 Å². The second-order valence-electron chi connectivity index (χ2n) is 7.41. The molecule has 8 heteroatoms. The van der Waals surface area contributed by atoms with E-state index in [1.54, 1.807) is 11.3 Å². The monoisotopic (exact) mass is 408 g/mol. The smallest absolute Gasteiger partial charge is 0.259 e. The summed E-state index contributed by atoms with van der Waals surface area (Å²) in [6, 6.07) is 0.322. The number of nitrogens with one attached hydrogen (secondary N) is 1. The van der Waals surface area contributed by atoms with Crippen LogP contribution in [0.25, 0.3) is 10.2 Å². The molecule has 1 aliphatic heterocycles. The minimum Gasteiger partial charge on any atom is -0.342 e. The van der Waals surface area contributed by atoms with Gasteiger partial charge in [-0.15, -0.1) is 23.1 Å². The number of fused-ring (bicyclic) bond motifs is 1. The Bertz CT molecular complexity index is 884. The van der Waals surface area contributed by atoms with E-state index in [2.05, 4.69) is 21.9 Å². The van der Waals surface area contributed by atoms with Gasteiger partial charge in [0, 0.05) is 18.0 Å². The third-order valence-electron chi connectivity index (χ3n) is 5.49. The number of hydrogen-bond donors (Lipinski definition) is 1. The SMILES string of the molecule is Cc1sc2nc(CSC(C)C(=O)N(C)C3CCN(C)CC3)[nH]c(=O)c2c1C. The fraction of sp³-hybridized carbons (Fsp3) is 0.632. The number of nitrogens with zero attached hydrogens (tertiary/aromatic N) is 3. The number of aromatic nitrogens is 2. The van der Waals surface area contributed by atoms with Crippen molar-refractivity contribution in [1.29, 1.82) is 0 Å². The van der Waals surface area contributed by atoms with Gasteiger partial charge in [-0.05, 0) is 59.3 Å². The molecule has 0 bridgehead atoms. The number of aryl methyl sites for hydroxylation is 2. The van der Waals surface area contributed by atoms with Crippen molar-refractivity contribution >= 4 is 39.2 Å². The molecule has 0 spiro atoms. The van der Waals surface area contributed by atoms with E-state index in [4.69, 9.17) is 0 Å². The second kappa shape index (κ2) is 8.32. The van der Waals surface area contributed by atoms with Crippen molar-refractivity contribution in [2.75, 3.05) is 27.2 Å². The number of aromatic amines is 1. The minimum atomic E-state index is -0.164. The zero-order valence-corrected chi connectivity index (χ0v) is 18.3. The second-order valence-corrected chi connectivity index (χ2v) is 9.95. The summed E-state index contributed by atoms with van der Waals surface area (Å²) in [5, 5.41) is 0.528. The average molecular weight is 409 g/mol. The molecule has 1 aliphatic rings. The maximum Gasteiger partial charge on any atom is 0.259 e. The zero-order chi connectivity index (χ0) is 19.7. The molecule has 0 aromatic carbocycles. The van der Waals surface area contributed by atoms with Crippen molar-refractivity contribution in [3.05, 3.63) is 26.6 Å². The van der Waals surface area contributed by atoms with Gasteiger partial charge in [0.1, 0.15) is 10.7 Å². The highest BCUT2D eigenvalue weighted by Gasteiger charge is 2.27. The topological polar surface area (TPSA) is 69.3 Å². The van der Waals surface area contributed by atoms with Gasteiger partial charge in [-0.1, -0.05) is 0 Å². The molecule has 0 aliphatic carbocycles. The van der Waals surface area contributed by atoms with Crippen LogP contribution in [0.2, 0.25) is 0 Å². The molecular weight excluding hydrogens is 380 g/mol. The first kappa shape index (κ1) is 20.4.